The Morgan fingerprint density at radius 3 is 1.67 bits per heavy atom. The molecule has 2 amide bonds. The van der Waals surface area contributed by atoms with Crippen molar-refractivity contribution < 1.29 is 53.8 Å². The van der Waals surface area contributed by atoms with Gasteiger partial charge in [-0.05, 0) is 48.5 Å². The number of rotatable bonds is 4. The molecule has 268 valence electrons. The highest BCUT2D eigenvalue weighted by Gasteiger charge is 2.40. The number of para-hydroxylation sites is 2. The van der Waals surface area contributed by atoms with Crippen molar-refractivity contribution >= 4 is 44.8 Å². The van der Waals surface area contributed by atoms with E-state index in [1.165, 1.54) is 40.9 Å². The van der Waals surface area contributed by atoms with E-state index in [2.05, 4.69) is 4.74 Å². The van der Waals surface area contributed by atoms with Crippen molar-refractivity contribution in [3.63, 3.8) is 0 Å². The molecule has 0 aromatic heterocycles. The summed E-state index contributed by atoms with van der Waals surface area (Å²) in [7, 11) is -1.74. The molecule has 0 aliphatic carbocycles. The second-order valence-electron chi connectivity index (χ2n) is 10.8. The molecule has 4 aromatic rings. The number of nitriles is 2. The van der Waals surface area contributed by atoms with Crippen LogP contribution >= 0.6 is 11.8 Å². The maximum Gasteiger partial charge on any atom is 0.420 e. The van der Waals surface area contributed by atoms with Crippen LogP contribution < -0.4 is 19.3 Å². The number of hydrogen-bond acceptors (Lipinski definition) is 9. The SMILES string of the molecule is COc1c(C#N)cc(C(=O)N2CS(=O)(=O)c3ccccc32)cc1C(F)(F)F.COc1c(C#N)cc(C(=O)N2CSc3ccccc32)cc1C(F)(F)F. The van der Waals surface area contributed by atoms with Crippen LogP contribution in [0, 0.1) is 22.7 Å². The molecule has 4 aromatic carbocycles. The third-order valence-corrected chi connectivity index (χ3v) is 10.4. The lowest BCUT2D eigenvalue weighted by atomic mass is 10.0. The summed E-state index contributed by atoms with van der Waals surface area (Å²) in [5.41, 5.74) is -3.20. The van der Waals surface area contributed by atoms with Crippen LogP contribution in [0.3, 0.4) is 0 Å². The lowest BCUT2D eigenvalue weighted by molar-refractivity contribution is -0.139. The first kappa shape index (κ1) is 37.5. The fraction of sp³-hybridized carbons (Fsp3) is 0.176. The zero-order valence-corrected chi connectivity index (χ0v) is 28.3. The Kier molecular flexibility index (Phi) is 10.2. The van der Waals surface area contributed by atoms with Gasteiger partial charge in [0.25, 0.3) is 11.8 Å². The Bertz CT molecular complexity index is 2300. The van der Waals surface area contributed by atoms with Gasteiger partial charge in [-0.1, -0.05) is 24.3 Å². The van der Waals surface area contributed by atoms with Crippen LogP contribution in [0.5, 0.6) is 11.5 Å². The van der Waals surface area contributed by atoms with E-state index in [1.807, 2.05) is 12.1 Å². The molecule has 0 fully saturated rings. The molecule has 2 aliphatic rings. The maximum absolute atomic E-state index is 13.3. The van der Waals surface area contributed by atoms with Crippen LogP contribution in [-0.4, -0.2) is 46.2 Å². The zero-order valence-electron chi connectivity index (χ0n) is 26.7. The van der Waals surface area contributed by atoms with E-state index in [0.717, 1.165) is 42.2 Å². The molecule has 6 rings (SSSR count). The van der Waals surface area contributed by atoms with Crippen LogP contribution in [0.1, 0.15) is 43.0 Å². The molecule has 0 spiro atoms. The van der Waals surface area contributed by atoms with Gasteiger partial charge in [0, 0.05) is 16.0 Å². The van der Waals surface area contributed by atoms with Crippen molar-refractivity contribution in [3.8, 4) is 23.6 Å². The summed E-state index contributed by atoms with van der Waals surface area (Å²) in [6.07, 6.45) is -9.62. The lowest BCUT2D eigenvalue weighted by Crippen LogP contribution is -2.30. The standard InChI is InChI=1S/C17H11F3N2O4S.C17H11F3N2O2S/c1-26-15-11(8-21)6-10(7-12(15)17(18,19)20)16(23)22-9-27(24,25)14-5-3-2-4-13(14)22;1-24-15-11(8-21)6-10(7-12(15)17(18,19)20)16(23)22-9-25-14-5-3-2-4-13(14)22/h2-7H,9H2,1H3;2-7H,9H2,1H3. The quantitative estimate of drug-likeness (QED) is 0.196. The molecule has 0 unspecified atom stereocenters. The highest BCUT2D eigenvalue weighted by Crippen LogP contribution is 2.43. The number of alkyl halides is 6. The summed E-state index contributed by atoms with van der Waals surface area (Å²) < 4.78 is 114. The minimum atomic E-state index is -4.87. The molecule has 10 nitrogen and oxygen atoms in total. The minimum Gasteiger partial charge on any atom is -0.495 e. The molecule has 2 heterocycles. The smallest absolute Gasteiger partial charge is 0.420 e. The van der Waals surface area contributed by atoms with Gasteiger partial charge in [-0.2, -0.15) is 36.9 Å². The largest absolute Gasteiger partial charge is 0.495 e. The van der Waals surface area contributed by atoms with Gasteiger partial charge >= 0.3 is 12.4 Å². The lowest BCUT2D eigenvalue weighted by Gasteiger charge is -2.19. The summed E-state index contributed by atoms with van der Waals surface area (Å²) in [5, 5.41) is 18.3. The summed E-state index contributed by atoms with van der Waals surface area (Å²) in [6, 6.07) is 19.4. The van der Waals surface area contributed by atoms with Crippen molar-refractivity contribution in [2.45, 2.75) is 22.1 Å². The number of hydrogen-bond donors (Lipinski definition) is 0. The number of carbonyl (C=O) groups is 2. The Morgan fingerprint density at radius 1 is 0.731 bits per heavy atom. The van der Waals surface area contributed by atoms with Crippen LogP contribution in [0.2, 0.25) is 0 Å². The van der Waals surface area contributed by atoms with Gasteiger partial charge in [0.15, 0.2) is 9.84 Å². The fourth-order valence-corrected chi connectivity index (χ4v) is 7.98. The highest BCUT2D eigenvalue weighted by atomic mass is 32.2. The summed E-state index contributed by atoms with van der Waals surface area (Å²) in [6.45, 7) is 0. The number of sulfone groups is 1. The Hall–Kier alpha value is -5.72. The fourth-order valence-electron chi connectivity index (χ4n) is 5.44. The van der Waals surface area contributed by atoms with Crippen molar-refractivity contribution in [1.82, 2.24) is 0 Å². The van der Waals surface area contributed by atoms with Crippen molar-refractivity contribution in [1.29, 1.82) is 10.5 Å². The van der Waals surface area contributed by atoms with E-state index >= 15 is 0 Å². The molecule has 0 atom stereocenters. The summed E-state index contributed by atoms with van der Waals surface area (Å²) >= 11 is 1.42. The first-order valence-corrected chi connectivity index (χ1v) is 17.2. The van der Waals surface area contributed by atoms with E-state index < -0.39 is 73.6 Å². The highest BCUT2D eigenvalue weighted by molar-refractivity contribution is 8.00. The average Bonchev–Trinajstić information content (AvgIpc) is 3.67. The number of benzene rings is 4. The van der Waals surface area contributed by atoms with E-state index in [4.69, 9.17) is 15.3 Å². The van der Waals surface area contributed by atoms with Gasteiger partial charge < -0.3 is 9.47 Å². The van der Waals surface area contributed by atoms with Gasteiger partial charge in [-0.25, -0.2) is 8.42 Å². The molecule has 0 N–H and O–H groups in total. The number of fused-ring (bicyclic) bond motifs is 2. The van der Waals surface area contributed by atoms with Crippen LogP contribution in [0.4, 0.5) is 37.7 Å². The number of ether oxygens (including phenoxy) is 2. The number of carbonyl (C=O) groups excluding carboxylic acids is 2. The Morgan fingerprint density at radius 2 is 1.19 bits per heavy atom. The number of halogens is 6. The van der Waals surface area contributed by atoms with E-state index in [0.29, 0.717) is 17.6 Å². The number of thioether (sulfide) groups is 1. The average molecular weight is 761 g/mol. The normalized spacial score (nSPS) is 14.3. The number of methoxy groups -OCH3 is 2. The minimum absolute atomic E-state index is 0.0744. The topological polar surface area (TPSA) is 141 Å². The maximum atomic E-state index is 13.3. The third kappa shape index (κ3) is 7.07. The predicted octanol–water partition coefficient (Wildman–Crippen LogP) is 7.27. The van der Waals surface area contributed by atoms with Gasteiger partial charge in [0.05, 0.1) is 58.6 Å². The molecular weight excluding hydrogens is 739 g/mol. The molecule has 0 saturated heterocycles. The van der Waals surface area contributed by atoms with Crippen LogP contribution in [-0.2, 0) is 22.2 Å². The first-order valence-electron chi connectivity index (χ1n) is 14.5. The molecule has 0 radical (unpaired) electrons. The second-order valence-corrected chi connectivity index (χ2v) is 13.8. The molecule has 18 heteroatoms. The van der Waals surface area contributed by atoms with E-state index in [1.54, 1.807) is 24.3 Å². The van der Waals surface area contributed by atoms with Crippen molar-refractivity contribution in [3.05, 3.63) is 106 Å². The second kappa shape index (κ2) is 14.1. The third-order valence-electron chi connectivity index (χ3n) is 7.72. The zero-order chi connectivity index (χ0) is 38.2. The van der Waals surface area contributed by atoms with Gasteiger partial charge in [0.1, 0.15) is 29.5 Å². The summed E-state index contributed by atoms with van der Waals surface area (Å²) in [5.74, 6) is -3.23. The van der Waals surface area contributed by atoms with Crippen LogP contribution in [0.15, 0.2) is 82.6 Å². The van der Waals surface area contributed by atoms with Gasteiger partial charge in [0.2, 0.25) is 0 Å². The van der Waals surface area contributed by atoms with E-state index in [9.17, 15) is 44.3 Å². The summed E-state index contributed by atoms with van der Waals surface area (Å²) in [4.78, 5) is 28.6. The Labute approximate surface area is 296 Å². The predicted molar refractivity (Wildman–Crippen MR) is 175 cm³/mol. The van der Waals surface area contributed by atoms with Gasteiger partial charge in [-0.15, -0.1) is 11.8 Å². The van der Waals surface area contributed by atoms with Gasteiger partial charge in [-0.3, -0.25) is 19.4 Å². The van der Waals surface area contributed by atoms with Crippen LogP contribution in [0.25, 0.3) is 0 Å². The van der Waals surface area contributed by atoms with Crippen molar-refractivity contribution in [2.24, 2.45) is 0 Å². The van der Waals surface area contributed by atoms with E-state index in [-0.39, 0.29) is 21.7 Å². The molecule has 52 heavy (non-hydrogen) atoms. The first-order chi connectivity index (χ1) is 24.5. The number of anilines is 2. The molecule has 2 aliphatic heterocycles. The molecule has 0 saturated carbocycles. The Balaban J connectivity index is 0.000000202. The number of nitrogens with zero attached hydrogens (tertiary/aromatic N) is 4. The monoisotopic (exact) mass is 760 g/mol. The van der Waals surface area contributed by atoms with Crippen molar-refractivity contribution in [2.75, 3.05) is 35.8 Å². The number of amides is 2. The molecular formula is C34H22F6N4O6S2. The molecule has 0 bridgehead atoms.